The lowest BCUT2D eigenvalue weighted by Crippen LogP contribution is -2.54. The largest absolute Gasteiger partial charge is 0.445 e. The number of amides is 3. The third-order valence-corrected chi connectivity index (χ3v) is 13.2. The van der Waals surface area contributed by atoms with E-state index in [1.807, 2.05) is 122 Å². The summed E-state index contributed by atoms with van der Waals surface area (Å²) in [7, 11) is 6.42. The number of hydrogen-bond donors (Lipinski definition) is 1. The molecule has 1 aliphatic rings. The molecule has 1 N–H and O–H groups in total. The number of aliphatic hydroxyl groups is 1. The molecule has 346 valence electrons. The summed E-state index contributed by atoms with van der Waals surface area (Å²) in [5.74, 6) is -2.64. The van der Waals surface area contributed by atoms with Crippen LogP contribution in [0.2, 0.25) is 0 Å². The first-order chi connectivity index (χ1) is 29.3. The fourth-order valence-corrected chi connectivity index (χ4v) is 9.22. The summed E-state index contributed by atoms with van der Waals surface area (Å²) < 4.78 is 17.7. The summed E-state index contributed by atoms with van der Waals surface area (Å²) in [5.41, 5.74) is 2.70. The van der Waals surface area contributed by atoms with Crippen molar-refractivity contribution in [1.29, 1.82) is 0 Å². The van der Waals surface area contributed by atoms with E-state index in [-0.39, 0.29) is 79.0 Å². The minimum absolute atomic E-state index is 0.00881. The first kappa shape index (κ1) is 52.2. The maximum absolute atomic E-state index is 14.6. The van der Waals surface area contributed by atoms with Gasteiger partial charge in [0.2, 0.25) is 11.8 Å². The quantitative estimate of drug-likeness (QED) is 0.111. The van der Waals surface area contributed by atoms with Gasteiger partial charge in [0.25, 0.3) is 0 Å². The molecule has 0 aromatic heterocycles. The highest BCUT2D eigenvalue weighted by Gasteiger charge is 2.43. The molecule has 10 atom stereocenters. The summed E-state index contributed by atoms with van der Waals surface area (Å²) in [6, 6.07) is 15.4. The van der Waals surface area contributed by atoms with Gasteiger partial charge >= 0.3 is 6.09 Å². The van der Waals surface area contributed by atoms with Crippen LogP contribution < -0.4 is 0 Å². The molecule has 0 saturated carbocycles. The number of aryl methyl sites for hydroxylation is 1. The fraction of sp³-hybridized carbons (Fsp3) is 0.660. The number of likely N-dealkylation sites (N-methyl/N-ethyl adjacent to an activating group) is 2. The first-order valence-electron chi connectivity index (χ1n) is 22.6. The van der Waals surface area contributed by atoms with Crippen LogP contribution in [-0.4, -0.2) is 114 Å². The topological polar surface area (TPSA) is 143 Å². The molecule has 3 rings (SSSR count). The van der Waals surface area contributed by atoms with E-state index in [0.717, 1.165) is 23.1 Å². The van der Waals surface area contributed by atoms with Crippen LogP contribution >= 0.6 is 0 Å². The Labute approximate surface area is 372 Å². The van der Waals surface area contributed by atoms with E-state index in [9.17, 15) is 29.1 Å². The lowest BCUT2D eigenvalue weighted by atomic mass is 9.83. The zero-order chi connectivity index (χ0) is 46.4. The van der Waals surface area contributed by atoms with Crippen molar-refractivity contribution in [3.05, 3.63) is 71.3 Å². The minimum atomic E-state index is -0.804. The molecule has 12 heteroatoms. The van der Waals surface area contributed by atoms with Crippen LogP contribution in [0.3, 0.4) is 0 Å². The number of methoxy groups -OCH3 is 2. The number of ether oxygens (including phenoxy) is 3. The number of ketones is 2. The Morgan fingerprint density at radius 1 is 0.790 bits per heavy atom. The number of aliphatic hydroxyl groups excluding tert-OH is 1. The van der Waals surface area contributed by atoms with E-state index >= 15 is 0 Å². The molecule has 62 heavy (non-hydrogen) atoms. The van der Waals surface area contributed by atoms with Crippen molar-refractivity contribution in [3.8, 4) is 0 Å². The van der Waals surface area contributed by atoms with E-state index in [4.69, 9.17) is 14.2 Å². The average molecular weight is 864 g/mol. The zero-order valence-electron chi connectivity index (χ0n) is 39.8. The Morgan fingerprint density at radius 3 is 1.97 bits per heavy atom. The molecule has 0 radical (unpaired) electrons. The van der Waals surface area contributed by atoms with Gasteiger partial charge in [-0.25, -0.2) is 4.79 Å². The van der Waals surface area contributed by atoms with Crippen LogP contribution in [0.4, 0.5) is 4.79 Å². The summed E-state index contributed by atoms with van der Waals surface area (Å²) in [4.78, 5) is 74.8. The van der Waals surface area contributed by atoms with E-state index in [0.29, 0.717) is 19.4 Å². The van der Waals surface area contributed by atoms with Crippen LogP contribution in [0.5, 0.6) is 0 Å². The minimum Gasteiger partial charge on any atom is -0.445 e. The van der Waals surface area contributed by atoms with Crippen molar-refractivity contribution in [2.24, 2.45) is 35.5 Å². The maximum Gasteiger partial charge on any atom is 0.410 e. The smallest absolute Gasteiger partial charge is 0.410 e. The predicted octanol–water partition coefficient (Wildman–Crippen LogP) is 8.07. The lowest BCUT2D eigenvalue weighted by molar-refractivity contribution is -0.149. The van der Waals surface area contributed by atoms with E-state index in [1.54, 1.807) is 33.2 Å². The molecule has 0 spiro atoms. The number of benzene rings is 2. The average Bonchev–Trinajstić information content (AvgIpc) is 3.74. The third kappa shape index (κ3) is 13.7. The third-order valence-electron chi connectivity index (χ3n) is 13.2. The van der Waals surface area contributed by atoms with Gasteiger partial charge in [-0.1, -0.05) is 122 Å². The van der Waals surface area contributed by atoms with Gasteiger partial charge in [-0.15, -0.1) is 0 Å². The highest BCUT2D eigenvalue weighted by Crippen LogP contribution is 2.33. The van der Waals surface area contributed by atoms with Gasteiger partial charge in [0.15, 0.2) is 5.78 Å². The molecule has 0 aliphatic carbocycles. The standard InChI is InChI=1S/C50H77N3O9/c1-14-34(7)46(51(10)49(58)39(31(2)3)28-42(55)45(32(4)5)52(11)50(59)62-30-37-24-22-33(6)23-25-37)43(60-12)29-44(56)53-26-18-21-40(53)48(61-13)36(9)41(54)27-35(8)47(57)38-19-16-15-17-20-38/h15-17,19-20,22-25,31-32,34-36,39-40,43,45-48,57H,14,18,21,26-30H2,1-13H3/t34-,35-,36-,39-,40-,43+,45-,46-,47+,48+/m0/s1. The van der Waals surface area contributed by atoms with Gasteiger partial charge in [0.1, 0.15) is 12.4 Å². The highest BCUT2D eigenvalue weighted by molar-refractivity contribution is 5.92. The molecule has 2 aromatic carbocycles. The summed E-state index contributed by atoms with van der Waals surface area (Å²) in [6.07, 6.45) is -0.352. The SMILES string of the molecule is CC[C@H](C)[C@@H]([C@@H](CC(=O)N1CCC[C@H]1[C@H](OC)[C@@H](C)C(=O)C[C@H](C)[C@@H](O)c1ccccc1)OC)N(C)C(=O)[C@@H](CC(=O)[C@H](C(C)C)N(C)C(=O)OCc1ccc(C)cc1)C(C)C. The zero-order valence-corrected chi connectivity index (χ0v) is 39.8. The summed E-state index contributed by atoms with van der Waals surface area (Å²) in [5, 5.41) is 10.9. The van der Waals surface area contributed by atoms with Crippen LogP contribution in [0.1, 0.15) is 117 Å². The second-order valence-corrected chi connectivity index (χ2v) is 18.5. The van der Waals surface area contributed by atoms with E-state index < -0.39 is 48.3 Å². The lowest BCUT2D eigenvalue weighted by Gasteiger charge is -2.41. The summed E-state index contributed by atoms with van der Waals surface area (Å²) in [6.45, 7) is 17.9. The number of Topliss-reactive ketones (excluding diaryl/α,β-unsaturated/α-hetero) is 2. The van der Waals surface area contributed by atoms with Crippen molar-refractivity contribution < 1.29 is 43.3 Å². The number of hydrogen-bond acceptors (Lipinski definition) is 9. The van der Waals surface area contributed by atoms with Crippen molar-refractivity contribution >= 4 is 29.5 Å². The highest BCUT2D eigenvalue weighted by atomic mass is 16.6. The number of rotatable bonds is 24. The number of carbonyl (C=O) groups excluding carboxylic acids is 5. The van der Waals surface area contributed by atoms with Crippen molar-refractivity contribution in [2.75, 3.05) is 34.9 Å². The van der Waals surface area contributed by atoms with Gasteiger partial charge < -0.3 is 34.0 Å². The van der Waals surface area contributed by atoms with Crippen LogP contribution in [-0.2, 0) is 40.0 Å². The van der Waals surface area contributed by atoms with Gasteiger partial charge in [0, 0.05) is 59.5 Å². The molecular weight excluding hydrogens is 787 g/mol. The molecule has 1 saturated heterocycles. The van der Waals surface area contributed by atoms with Crippen molar-refractivity contribution in [3.63, 3.8) is 0 Å². The molecule has 0 bridgehead atoms. The maximum atomic E-state index is 14.6. The predicted molar refractivity (Wildman–Crippen MR) is 242 cm³/mol. The monoisotopic (exact) mass is 864 g/mol. The second kappa shape index (κ2) is 24.6. The van der Waals surface area contributed by atoms with Gasteiger partial charge in [-0.3, -0.25) is 19.2 Å². The van der Waals surface area contributed by atoms with Crippen LogP contribution in [0.15, 0.2) is 54.6 Å². The van der Waals surface area contributed by atoms with E-state index in [1.165, 1.54) is 4.90 Å². The Bertz CT molecular complexity index is 1730. The first-order valence-corrected chi connectivity index (χ1v) is 22.6. The van der Waals surface area contributed by atoms with E-state index in [2.05, 4.69) is 0 Å². The Hall–Kier alpha value is -4.13. The number of likely N-dealkylation sites (tertiary alicyclic amines) is 1. The Balaban J connectivity index is 1.75. The molecule has 1 heterocycles. The van der Waals surface area contributed by atoms with Crippen LogP contribution in [0, 0.1) is 42.4 Å². The van der Waals surface area contributed by atoms with Crippen LogP contribution in [0.25, 0.3) is 0 Å². The number of carbonyl (C=O) groups is 5. The number of nitrogens with zero attached hydrogens (tertiary/aromatic N) is 3. The molecule has 0 unspecified atom stereocenters. The summed E-state index contributed by atoms with van der Waals surface area (Å²) >= 11 is 0. The molecule has 1 fully saturated rings. The molecular formula is C50H77N3O9. The normalized spacial score (nSPS) is 18.6. The molecule has 12 nitrogen and oxygen atoms in total. The molecule has 1 aliphatic heterocycles. The Morgan fingerprint density at radius 2 is 1.42 bits per heavy atom. The van der Waals surface area contributed by atoms with Gasteiger partial charge in [0.05, 0.1) is 42.9 Å². The Kier molecular flexibility index (Phi) is 20.8. The van der Waals surface area contributed by atoms with Crippen molar-refractivity contribution in [1.82, 2.24) is 14.7 Å². The van der Waals surface area contributed by atoms with Gasteiger partial charge in [-0.2, -0.15) is 0 Å². The molecule has 2 aromatic rings. The van der Waals surface area contributed by atoms with Crippen molar-refractivity contribution in [2.45, 2.75) is 144 Å². The fourth-order valence-electron chi connectivity index (χ4n) is 9.22. The second-order valence-electron chi connectivity index (χ2n) is 18.5. The molecule has 3 amide bonds. The van der Waals surface area contributed by atoms with Gasteiger partial charge in [-0.05, 0) is 54.6 Å².